The second-order valence-corrected chi connectivity index (χ2v) is 10.7. The fourth-order valence-electron chi connectivity index (χ4n) is 3.50. The number of halogens is 3. The van der Waals surface area contributed by atoms with Crippen molar-refractivity contribution < 1.29 is 24.0 Å². The number of amides is 4. The summed E-state index contributed by atoms with van der Waals surface area (Å²) in [6.45, 7) is 1.91. The van der Waals surface area contributed by atoms with Crippen molar-refractivity contribution in [2.45, 2.75) is 13.5 Å². The molecule has 0 spiro atoms. The van der Waals surface area contributed by atoms with E-state index in [2.05, 4.69) is 50.5 Å². The van der Waals surface area contributed by atoms with Gasteiger partial charge in [0.05, 0.1) is 17.8 Å². The number of nitro benzene ring substituents is 1. The lowest BCUT2D eigenvalue weighted by atomic mass is 10.1. The van der Waals surface area contributed by atoms with E-state index in [1.54, 1.807) is 43.3 Å². The van der Waals surface area contributed by atoms with Crippen molar-refractivity contribution in [1.29, 1.82) is 0 Å². The molecule has 0 radical (unpaired) electrons. The molecule has 0 atom stereocenters. The summed E-state index contributed by atoms with van der Waals surface area (Å²) in [5.74, 6) is -1.02. The van der Waals surface area contributed by atoms with Crippen molar-refractivity contribution in [2.24, 2.45) is 0 Å². The highest BCUT2D eigenvalue weighted by Crippen LogP contribution is 2.32. The van der Waals surface area contributed by atoms with Gasteiger partial charge in [0.1, 0.15) is 17.9 Å². The number of nitro groups is 1. The Bertz CT molecular complexity index is 1480. The molecular weight excluding hydrogens is 728 g/mol. The zero-order chi connectivity index (χ0) is 26.9. The first-order valence-electron chi connectivity index (χ1n) is 10.6. The van der Waals surface area contributed by atoms with Crippen LogP contribution in [0.25, 0.3) is 6.08 Å². The fourth-order valence-corrected chi connectivity index (χ4v) is 5.80. The first-order valence-corrected chi connectivity index (χ1v) is 13.1. The third-order valence-electron chi connectivity index (χ3n) is 5.35. The number of carbonyl (C=O) groups is 3. The van der Waals surface area contributed by atoms with Gasteiger partial charge in [-0.1, -0.05) is 29.8 Å². The Hall–Kier alpha value is -3.04. The minimum Gasteiger partial charge on any atom is -0.487 e. The molecule has 188 valence electrons. The van der Waals surface area contributed by atoms with Crippen molar-refractivity contribution in [3.05, 3.63) is 99.1 Å². The molecule has 9 nitrogen and oxygen atoms in total. The molecule has 3 aromatic carbocycles. The van der Waals surface area contributed by atoms with Gasteiger partial charge in [-0.15, -0.1) is 0 Å². The van der Waals surface area contributed by atoms with Gasteiger partial charge in [-0.3, -0.25) is 25.0 Å². The summed E-state index contributed by atoms with van der Waals surface area (Å²) in [5, 5.41) is 13.6. The summed E-state index contributed by atoms with van der Waals surface area (Å²) >= 11 is 10.3. The second-order valence-electron chi connectivity index (χ2n) is 7.92. The molecule has 0 aromatic heterocycles. The number of anilines is 1. The number of nitrogens with one attached hydrogen (secondary N) is 1. The van der Waals surface area contributed by atoms with E-state index in [0.717, 1.165) is 10.5 Å². The summed E-state index contributed by atoms with van der Waals surface area (Å²) < 4.78 is 7.31. The van der Waals surface area contributed by atoms with Crippen molar-refractivity contribution >= 4 is 92.1 Å². The molecule has 0 unspecified atom stereocenters. The Labute approximate surface area is 243 Å². The minimum absolute atomic E-state index is 0.0247. The highest BCUT2D eigenvalue weighted by atomic mass is 127. The van der Waals surface area contributed by atoms with Crippen LogP contribution in [0, 0.1) is 24.2 Å². The normalized spacial score (nSPS) is 14.6. The molecule has 4 rings (SSSR count). The van der Waals surface area contributed by atoms with Gasteiger partial charge in [0.2, 0.25) is 0 Å². The zero-order valence-corrected chi connectivity index (χ0v) is 24.0. The Morgan fingerprint density at radius 1 is 1.08 bits per heavy atom. The van der Waals surface area contributed by atoms with Gasteiger partial charge in [0.15, 0.2) is 0 Å². The van der Waals surface area contributed by atoms with Crippen LogP contribution in [0.2, 0.25) is 5.02 Å². The Balaban J connectivity index is 1.60. The van der Waals surface area contributed by atoms with E-state index in [-0.39, 0.29) is 23.6 Å². The first kappa shape index (κ1) is 27.0. The van der Waals surface area contributed by atoms with Crippen LogP contribution in [0.15, 0.2) is 60.2 Å². The van der Waals surface area contributed by atoms with Crippen LogP contribution in [0.5, 0.6) is 5.75 Å². The van der Waals surface area contributed by atoms with Crippen LogP contribution < -0.4 is 15.0 Å². The Morgan fingerprint density at radius 2 is 1.78 bits per heavy atom. The first-order chi connectivity index (χ1) is 17.5. The number of carbonyl (C=O) groups excluding carboxylic acids is 3. The van der Waals surface area contributed by atoms with Crippen LogP contribution in [-0.2, 0) is 16.2 Å². The maximum Gasteiger partial charge on any atom is 0.335 e. The van der Waals surface area contributed by atoms with Gasteiger partial charge in [-0.2, -0.15) is 0 Å². The quantitative estimate of drug-likeness (QED) is 0.109. The highest BCUT2D eigenvalue weighted by Gasteiger charge is 2.37. The number of nitrogens with zero attached hydrogens (tertiary/aromatic N) is 2. The maximum absolute atomic E-state index is 13.2. The van der Waals surface area contributed by atoms with Gasteiger partial charge in [0, 0.05) is 17.2 Å². The van der Waals surface area contributed by atoms with Gasteiger partial charge >= 0.3 is 6.03 Å². The average molecular weight is 744 g/mol. The molecule has 1 aliphatic heterocycles. The van der Waals surface area contributed by atoms with Crippen molar-refractivity contribution in [2.75, 3.05) is 4.90 Å². The van der Waals surface area contributed by atoms with Gasteiger partial charge in [-0.05, 0) is 99.1 Å². The number of aryl methyl sites for hydroxylation is 1. The van der Waals surface area contributed by atoms with E-state index in [9.17, 15) is 24.5 Å². The number of non-ortho nitro benzene ring substituents is 1. The van der Waals surface area contributed by atoms with Crippen LogP contribution in [0.1, 0.15) is 16.7 Å². The van der Waals surface area contributed by atoms with Crippen molar-refractivity contribution in [3.8, 4) is 5.75 Å². The number of ether oxygens (including phenoxy) is 1. The SMILES string of the molecule is Cc1ccc(N2C(=O)NC(=O)/C(=C/c3cc(I)c(OCc4cccc([N+](=O)[O-])c4)c(I)c3)C2=O)cc1Cl. The zero-order valence-electron chi connectivity index (χ0n) is 19.0. The standard InChI is InChI=1S/C25H16ClI2N3O6/c1-13-5-6-16(11-19(13)26)30-24(33)18(23(32)29-25(30)34)8-15-9-20(27)22(21(28)10-15)37-12-14-3-2-4-17(7-14)31(35)36/h2-11H,12H2,1H3,(H,29,32,34)/b18-8-. The highest BCUT2D eigenvalue weighted by molar-refractivity contribution is 14.1. The van der Waals surface area contributed by atoms with E-state index in [0.29, 0.717) is 29.0 Å². The smallest absolute Gasteiger partial charge is 0.335 e. The van der Waals surface area contributed by atoms with Crippen LogP contribution in [0.4, 0.5) is 16.2 Å². The lowest BCUT2D eigenvalue weighted by molar-refractivity contribution is -0.384. The fraction of sp³-hybridized carbons (Fsp3) is 0.0800. The molecule has 1 N–H and O–H groups in total. The Kier molecular flexibility index (Phi) is 8.14. The molecule has 0 aliphatic carbocycles. The van der Waals surface area contributed by atoms with Crippen molar-refractivity contribution in [1.82, 2.24) is 5.32 Å². The summed E-state index contributed by atoms with van der Waals surface area (Å²) in [6, 6.07) is 13.5. The molecule has 1 aliphatic rings. The van der Waals surface area contributed by atoms with E-state index in [4.69, 9.17) is 16.3 Å². The van der Waals surface area contributed by atoms with E-state index in [1.165, 1.54) is 24.3 Å². The van der Waals surface area contributed by atoms with Crippen LogP contribution >= 0.6 is 56.8 Å². The predicted molar refractivity (Wildman–Crippen MR) is 154 cm³/mol. The summed E-state index contributed by atoms with van der Waals surface area (Å²) in [4.78, 5) is 49.6. The Morgan fingerprint density at radius 3 is 2.43 bits per heavy atom. The monoisotopic (exact) mass is 743 g/mol. The third-order valence-corrected chi connectivity index (χ3v) is 7.36. The van der Waals surface area contributed by atoms with E-state index < -0.39 is 22.8 Å². The third kappa shape index (κ3) is 5.93. The second kappa shape index (κ2) is 11.1. The minimum atomic E-state index is -0.860. The van der Waals surface area contributed by atoms with Crippen molar-refractivity contribution in [3.63, 3.8) is 0 Å². The molecule has 0 bridgehead atoms. The number of hydrogen-bond donors (Lipinski definition) is 1. The maximum atomic E-state index is 13.2. The largest absolute Gasteiger partial charge is 0.487 e. The molecule has 3 aromatic rings. The molecule has 4 amide bonds. The number of imide groups is 2. The van der Waals surface area contributed by atoms with Gasteiger partial charge < -0.3 is 4.74 Å². The number of rotatable bonds is 6. The number of benzene rings is 3. The lowest BCUT2D eigenvalue weighted by Crippen LogP contribution is -2.54. The predicted octanol–water partition coefficient (Wildman–Crippen LogP) is 6.01. The molecule has 12 heteroatoms. The van der Waals surface area contributed by atoms with Crippen LogP contribution in [0.3, 0.4) is 0 Å². The summed E-state index contributed by atoms with van der Waals surface area (Å²) in [7, 11) is 0. The molecular formula is C25H16ClI2N3O6. The summed E-state index contributed by atoms with van der Waals surface area (Å²) in [5.41, 5.74) is 1.96. The average Bonchev–Trinajstić information content (AvgIpc) is 2.83. The van der Waals surface area contributed by atoms with Gasteiger partial charge in [-0.25, -0.2) is 9.69 Å². The molecule has 1 saturated heterocycles. The number of urea groups is 1. The van der Waals surface area contributed by atoms with Gasteiger partial charge in [0.25, 0.3) is 17.5 Å². The summed E-state index contributed by atoms with van der Waals surface area (Å²) in [6.07, 6.45) is 1.40. The molecule has 1 heterocycles. The molecule has 1 fully saturated rings. The topological polar surface area (TPSA) is 119 Å². The van der Waals surface area contributed by atoms with E-state index >= 15 is 0 Å². The van der Waals surface area contributed by atoms with Crippen LogP contribution in [-0.4, -0.2) is 22.8 Å². The number of barbiturate groups is 1. The number of hydrogen-bond acceptors (Lipinski definition) is 6. The molecule has 0 saturated carbocycles. The van der Waals surface area contributed by atoms with E-state index in [1.807, 2.05) is 0 Å². The molecule has 37 heavy (non-hydrogen) atoms. The lowest BCUT2D eigenvalue weighted by Gasteiger charge is -2.26.